The van der Waals surface area contributed by atoms with Crippen LogP contribution in [0.2, 0.25) is 0 Å². The quantitative estimate of drug-likeness (QED) is 0.503. The summed E-state index contributed by atoms with van der Waals surface area (Å²) in [6, 6.07) is 0. The topological polar surface area (TPSA) is 43.4 Å². The van der Waals surface area contributed by atoms with E-state index in [1.54, 1.807) is 0 Å². The Balaban J connectivity index is 2.43. The molecular formula is C11H18O3. The van der Waals surface area contributed by atoms with Gasteiger partial charge in [0.15, 0.2) is 0 Å². The highest BCUT2D eigenvalue weighted by Crippen LogP contribution is 2.31. The zero-order chi connectivity index (χ0) is 10.8. The Morgan fingerprint density at radius 2 is 2.00 bits per heavy atom. The van der Waals surface area contributed by atoms with Crippen LogP contribution in [0.5, 0.6) is 0 Å². The van der Waals surface area contributed by atoms with Gasteiger partial charge >= 0.3 is 5.97 Å². The lowest BCUT2D eigenvalue weighted by Crippen LogP contribution is -2.27. The summed E-state index contributed by atoms with van der Waals surface area (Å²) < 4.78 is 5.26. The maximum Gasteiger partial charge on any atom is 0.309 e. The van der Waals surface area contributed by atoms with E-state index in [1.165, 1.54) is 0 Å². The van der Waals surface area contributed by atoms with E-state index in [0.717, 1.165) is 19.1 Å². The Morgan fingerprint density at radius 3 is 2.43 bits per heavy atom. The van der Waals surface area contributed by atoms with Crippen molar-refractivity contribution in [3.63, 3.8) is 0 Å². The first-order chi connectivity index (χ1) is 6.42. The van der Waals surface area contributed by atoms with Gasteiger partial charge in [-0.2, -0.15) is 0 Å². The molecule has 0 aromatic carbocycles. The van der Waals surface area contributed by atoms with E-state index in [4.69, 9.17) is 4.74 Å². The Labute approximate surface area is 84.8 Å². The maximum atomic E-state index is 11.6. The zero-order valence-electron chi connectivity index (χ0n) is 9.08. The van der Waals surface area contributed by atoms with Gasteiger partial charge in [0.25, 0.3) is 0 Å². The van der Waals surface area contributed by atoms with Crippen molar-refractivity contribution < 1.29 is 14.3 Å². The van der Waals surface area contributed by atoms with Crippen molar-refractivity contribution in [2.75, 3.05) is 0 Å². The first kappa shape index (κ1) is 11.2. The van der Waals surface area contributed by atoms with Gasteiger partial charge in [-0.25, -0.2) is 0 Å². The number of carbonyl (C=O) groups excluding carboxylic acids is 2. The number of hydrogen-bond donors (Lipinski definition) is 0. The van der Waals surface area contributed by atoms with E-state index >= 15 is 0 Å². The van der Waals surface area contributed by atoms with Gasteiger partial charge in [-0.3, -0.25) is 4.79 Å². The molecule has 2 atom stereocenters. The molecule has 0 amide bonds. The van der Waals surface area contributed by atoms with Crippen LogP contribution in [-0.2, 0) is 14.3 Å². The molecule has 80 valence electrons. The Kier molecular flexibility index (Phi) is 3.29. The van der Waals surface area contributed by atoms with Gasteiger partial charge in [-0.15, -0.1) is 0 Å². The van der Waals surface area contributed by atoms with Crippen LogP contribution in [0.25, 0.3) is 0 Å². The van der Waals surface area contributed by atoms with Crippen LogP contribution in [-0.4, -0.2) is 17.9 Å². The third-order valence-electron chi connectivity index (χ3n) is 2.41. The zero-order valence-corrected chi connectivity index (χ0v) is 9.08. The van der Waals surface area contributed by atoms with Gasteiger partial charge in [0.2, 0.25) is 0 Å². The highest BCUT2D eigenvalue weighted by molar-refractivity contribution is 5.74. The lowest BCUT2D eigenvalue weighted by atomic mass is 10.1. The van der Waals surface area contributed by atoms with Crippen LogP contribution in [0, 0.1) is 11.8 Å². The molecule has 0 spiro atoms. The monoisotopic (exact) mass is 198 g/mol. The van der Waals surface area contributed by atoms with Crippen LogP contribution in [0.3, 0.4) is 0 Å². The summed E-state index contributed by atoms with van der Waals surface area (Å²) >= 11 is 0. The Hall–Kier alpha value is -0.860. The number of aldehydes is 1. The van der Waals surface area contributed by atoms with Crippen LogP contribution in [0.15, 0.2) is 0 Å². The average molecular weight is 198 g/mol. The molecule has 0 heterocycles. The minimum atomic E-state index is -0.420. The maximum absolute atomic E-state index is 11.6. The van der Waals surface area contributed by atoms with Gasteiger partial charge in [0.1, 0.15) is 11.9 Å². The minimum absolute atomic E-state index is 0.0625. The van der Waals surface area contributed by atoms with Crippen molar-refractivity contribution in [1.29, 1.82) is 0 Å². The SMILES string of the molecule is CC(C)(C)OC(=O)C1CC[C@H](C=O)C1. The molecular weight excluding hydrogens is 180 g/mol. The van der Waals surface area contributed by atoms with E-state index in [0.29, 0.717) is 6.42 Å². The van der Waals surface area contributed by atoms with E-state index in [-0.39, 0.29) is 17.8 Å². The summed E-state index contributed by atoms with van der Waals surface area (Å²) in [7, 11) is 0. The number of ether oxygens (including phenoxy) is 1. The summed E-state index contributed by atoms with van der Waals surface area (Å²) in [5, 5.41) is 0. The molecule has 1 saturated carbocycles. The first-order valence-electron chi connectivity index (χ1n) is 5.10. The molecule has 1 fully saturated rings. The summed E-state index contributed by atoms with van der Waals surface area (Å²) in [5.41, 5.74) is -0.420. The second-order valence-electron chi connectivity index (χ2n) is 4.94. The third-order valence-corrected chi connectivity index (χ3v) is 2.41. The predicted octanol–water partition coefficient (Wildman–Crippen LogP) is 1.94. The second-order valence-corrected chi connectivity index (χ2v) is 4.94. The predicted molar refractivity (Wildman–Crippen MR) is 52.7 cm³/mol. The van der Waals surface area contributed by atoms with Crippen molar-refractivity contribution in [1.82, 2.24) is 0 Å². The van der Waals surface area contributed by atoms with Crippen molar-refractivity contribution in [2.24, 2.45) is 11.8 Å². The van der Waals surface area contributed by atoms with Crippen molar-refractivity contribution in [2.45, 2.75) is 45.6 Å². The largest absolute Gasteiger partial charge is 0.460 e. The fourth-order valence-corrected chi connectivity index (χ4v) is 1.74. The third kappa shape index (κ3) is 3.13. The van der Waals surface area contributed by atoms with Crippen LogP contribution < -0.4 is 0 Å². The standard InChI is InChI=1S/C11H18O3/c1-11(2,3)14-10(13)9-5-4-8(6-9)7-12/h7-9H,4-6H2,1-3H3/t8-,9?/m0/s1. The lowest BCUT2D eigenvalue weighted by molar-refractivity contribution is -0.159. The van der Waals surface area contributed by atoms with Gasteiger partial charge < -0.3 is 9.53 Å². The molecule has 0 bridgehead atoms. The van der Waals surface area contributed by atoms with Gasteiger partial charge in [0, 0.05) is 5.92 Å². The van der Waals surface area contributed by atoms with E-state index in [9.17, 15) is 9.59 Å². The number of hydrogen-bond acceptors (Lipinski definition) is 3. The van der Waals surface area contributed by atoms with Gasteiger partial charge in [-0.1, -0.05) is 0 Å². The lowest BCUT2D eigenvalue weighted by Gasteiger charge is -2.21. The summed E-state index contributed by atoms with van der Waals surface area (Å²) in [6.07, 6.45) is 3.23. The molecule has 1 aliphatic carbocycles. The number of esters is 1. The molecule has 0 aromatic heterocycles. The fourth-order valence-electron chi connectivity index (χ4n) is 1.74. The number of rotatable bonds is 2. The Bertz CT molecular complexity index is 227. The summed E-state index contributed by atoms with van der Waals surface area (Å²) in [6.45, 7) is 5.57. The molecule has 3 nitrogen and oxygen atoms in total. The van der Waals surface area contributed by atoms with Crippen LogP contribution in [0.4, 0.5) is 0 Å². The summed E-state index contributed by atoms with van der Waals surface area (Å²) in [5.74, 6) is -0.154. The van der Waals surface area contributed by atoms with E-state index in [2.05, 4.69) is 0 Å². The molecule has 0 aliphatic heterocycles. The van der Waals surface area contributed by atoms with Crippen LogP contribution in [0.1, 0.15) is 40.0 Å². The molecule has 14 heavy (non-hydrogen) atoms. The first-order valence-corrected chi connectivity index (χ1v) is 5.10. The molecule has 0 saturated heterocycles. The van der Waals surface area contributed by atoms with Gasteiger partial charge in [-0.05, 0) is 40.0 Å². The van der Waals surface area contributed by atoms with Crippen molar-refractivity contribution >= 4 is 12.3 Å². The van der Waals surface area contributed by atoms with E-state index < -0.39 is 5.60 Å². The molecule has 1 aliphatic rings. The molecule has 0 N–H and O–H groups in total. The van der Waals surface area contributed by atoms with Crippen molar-refractivity contribution in [3.05, 3.63) is 0 Å². The van der Waals surface area contributed by atoms with Crippen LogP contribution >= 0.6 is 0 Å². The average Bonchev–Trinajstić information content (AvgIpc) is 2.48. The molecule has 1 unspecified atom stereocenters. The molecule has 3 heteroatoms. The molecule has 1 rings (SSSR count). The van der Waals surface area contributed by atoms with E-state index in [1.807, 2.05) is 20.8 Å². The summed E-state index contributed by atoms with van der Waals surface area (Å²) in [4.78, 5) is 22.1. The number of carbonyl (C=O) groups is 2. The highest BCUT2D eigenvalue weighted by atomic mass is 16.6. The fraction of sp³-hybridized carbons (Fsp3) is 0.818. The molecule has 0 radical (unpaired) electrons. The smallest absolute Gasteiger partial charge is 0.309 e. The van der Waals surface area contributed by atoms with Gasteiger partial charge in [0.05, 0.1) is 5.92 Å². The van der Waals surface area contributed by atoms with Crippen molar-refractivity contribution in [3.8, 4) is 0 Å². The molecule has 0 aromatic rings. The second kappa shape index (κ2) is 4.11. The highest BCUT2D eigenvalue weighted by Gasteiger charge is 2.32. The normalized spacial score (nSPS) is 27.4. The minimum Gasteiger partial charge on any atom is -0.460 e. The Morgan fingerprint density at radius 1 is 1.36 bits per heavy atom.